The van der Waals surface area contributed by atoms with Crippen molar-refractivity contribution in [3.05, 3.63) is 83.2 Å². The van der Waals surface area contributed by atoms with Crippen molar-refractivity contribution in [3.8, 4) is 5.88 Å². The van der Waals surface area contributed by atoms with Crippen molar-refractivity contribution in [2.75, 3.05) is 6.54 Å². The van der Waals surface area contributed by atoms with Crippen LogP contribution in [0.25, 0.3) is 0 Å². The van der Waals surface area contributed by atoms with Gasteiger partial charge in [-0.15, -0.1) is 0 Å². The lowest BCUT2D eigenvalue weighted by atomic mass is 10.1. The quantitative estimate of drug-likeness (QED) is 0.843. The van der Waals surface area contributed by atoms with Crippen molar-refractivity contribution in [2.45, 2.75) is 20.3 Å². The molecular formula is C20H22N4O. The molecule has 5 heteroatoms. The van der Waals surface area contributed by atoms with E-state index < -0.39 is 0 Å². The number of hydrogen-bond acceptors (Lipinski definition) is 4. The molecule has 0 bridgehead atoms. The summed E-state index contributed by atoms with van der Waals surface area (Å²) in [6.07, 6.45) is 6.29. The van der Waals surface area contributed by atoms with Gasteiger partial charge in [-0.1, -0.05) is 49.1 Å². The third-order valence-electron chi connectivity index (χ3n) is 4.03. The fourth-order valence-corrected chi connectivity index (χ4v) is 2.79. The standard InChI is InChI=1S/C20H22N4O/c1-4-8-14(2)11-17-13-21-20(22-17)24-19(25)18(15(3)23-24)12-16-9-6-5-7-10-16/h4-11,25H,1,12-13H2,2-3H3,(H,21,22)/b14-8-,17-11+. The van der Waals surface area contributed by atoms with Crippen LogP contribution in [-0.2, 0) is 6.42 Å². The maximum absolute atomic E-state index is 10.6. The Morgan fingerprint density at radius 2 is 2.12 bits per heavy atom. The van der Waals surface area contributed by atoms with Gasteiger partial charge in [0.25, 0.3) is 0 Å². The molecule has 2 aromatic rings. The van der Waals surface area contributed by atoms with E-state index in [1.807, 2.05) is 56.3 Å². The lowest BCUT2D eigenvalue weighted by Crippen LogP contribution is -2.26. The fraction of sp³-hybridized carbons (Fsp3) is 0.200. The first kappa shape index (κ1) is 16.8. The van der Waals surface area contributed by atoms with Gasteiger partial charge in [-0.2, -0.15) is 9.78 Å². The zero-order valence-corrected chi connectivity index (χ0v) is 14.5. The molecule has 0 radical (unpaired) electrons. The number of nitrogens with one attached hydrogen (secondary N) is 1. The van der Waals surface area contributed by atoms with Gasteiger partial charge in [0.15, 0.2) is 0 Å². The second-order valence-electron chi connectivity index (χ2n) is 6.03. The normalized spacial score (nSPS) is 16.0. The maximum atomic E-state index is 10.6. The molecule has 0 aliphatic carbocycles. The van der Waals surface area contributed by atoms with Gasteiger partial charge < -0.3 is 10.4 Å². The van der Waals surface area contributed by atoms with Crippen LogP contribution in [0.3, 0.4) is 0 Å². The van der Waals surface area contributed by atoms with Crippen LogP contribution >= 0.6 is 0 Å². The van der Waals surface area contributed by atoms with Crippen LogP contribution in [0.5, 0.6) is 5.88 Å². The third kappa shape index (κ3) is 3.71. The highest BCUT2D eigenvalue weighted by molar-refractivity contribution is 5.86. The third-order valence-corrected chi connectivity index (χ3v) is 4.03. The lowest BCUT2D eigenvalue weighted by Gasteiger charge is -2.04. The van der Waals surface area contributed by atoms with Gasteiger partial charge in [-0.25, -0.2) is 4.99 Å². The van der Waals surface area contributed by atoms with Crippen LogP contribution in [0, 0.1) is 6.92 Å². The van der Waals surface area contributed by atoms with Crippen molar-refractivity contribution in [1.29, 1.82) is 0 Å². The highest BCUT2D eigenvalue weighted by Gasteiger charge is 2.21. The number of aliphatic imine (C=N–C) groups is 1. The van der Waals surface area contributed by atoms with Crippen LogP contribution in [0.1, 0.15) is 23.7 Å². The number of aryl methyl sites for hydroxylation is 1. The number of hydrogen-bond donors (Lipinski definition) is 2. The first-order chi connectivity index (χ1) is 12.1. The average Bonchev–Trinajstić information content (AvgIpc) is 3.15. The number of benzene rings is 1. The highest BCUT2D eigenvalue weighted by Crippen LogP contribution is 2.24. The zero-order chi connectivity index (χ0) is 17.8. The Kier molecular flexibility index (Phi) is 4.84. The summed E-state index contributed by atoms with van der Waals surface area (Å²) >= 11 is 0. The predicted octanol–water partition coefficient (Wildman–Crippen LogP) is 3.31. The molecule has 0 saturated carbocycles. The topological polar surface area (TPSA) is 62.4 Å². The number of aromatic nitrogens is 2. The molecule has 0 amide bonds. The van der Waals surface area contributed by atoms with E-state index in [4.69, 9.17) is 0 Å². The predicted molar refractivity (Wildman–Crippen MR) is 101 cm³/mol. The number of nitrogens with zero attached hydrogens (tertiary/aromatic N) is 3. The Labute approximate surface area is 147 Å². The van der Waals surface area contributed by atoms with E-state index in [1.165, 1.54) is 4.68 Å². The van der Waals surface area contributed by atoms with Crippen molar-refractivity contribution in [1.82, 2.24) is 15.1 Å². The summed E-state index contributed by atoms with van der Waals surface area (Å²) in [7, 11) is 0. The Morgan fingerprint density at radius 3 is 2.84 bits per heavy atom. The summed E-state index contributed by atoms with van der Waals surface area (Å²) < 4.78 is 1.47. The van der Waals surface area contributed by atoms with E-state index in [1.54, 1.807) is 6.08 Å². The largest absolute Gasteiger partial charge is 0.493 e. The molecule has 1 aliphatic heterocycles. The molecular weight excluding hydrogens is 312 g/mol. The number of aromatic hydroxyl groups is 1. The van der Waals surface area contributed by atoms with Crippen molar-refractivity contribution >= 4 is 5.96 Å². The van der Waals surface area contributed by atoms with Gasteiger partial charge in [-0.3, -0.25) is 0 Å². The molecule has 25 heavy (non-hydrogen) atoms. The molecule has 0 unspecified atom stereocenters. The maximum Gasteiger partial charge on any atom is 0.227 e. The summed E-state index contributed by atoms with van der Waals surface area (Å²) in [6.45, 7) is 8.19. The molecule has 2 heterocycles. The van der Waals surface area contributed by atoms with E-state index in [0.717, 1.165) is 28.1 Å². The smallest absolute Gasteiger partial charge is 0.227 e. The first-order valence-electron chi connectivity index (χ1n) is 8.22. The molecule has 0 saturated heterocycles. The fourth-order valence-electron chi connectivity index (χ4n) is 2.79. The molecule has 128 valence electrons. The van der Waals surface area contributed by atoms with Crippen LogP contribution in [-0.4, -0.2) is 27.4 Å². The monoisotopic (exact) mass is 334 g/mol. The van der Waals surface area contributed by atoms with Gasteiger partial charge in [0, 0.05) is 12.0 Å². The molecule has 0 spiro atoms. The molecule has 1 aliphatic rings. The van der Waals surface area contributed by atoms with Crippen LogP contribution in [0.2, 0.25) is 0 Å². The molecule has 0 atom stereocenters. The average molecular weight is 334 g/mol. The minimum absolute atomic E-state index is 0.132. The Balaban J connectivity index is 1.88. The minimum Gasteiger partial charge on any atom is -0.493 e. The van der Waals surface area contributed by atoms with Gasteiger partial charge in [0.2, 0.25) is 11.8 Å². The van der Waals surface area contributed by atoms with Gasteiger partial charge in [-0.05, 0) is 31.1 Å². The van der Waals surface area contributed by atoms with E-state index in [2.05, 4.69) is 22.0 Å². The summed E-state index contributed by atoms with van der Waals surface area (Å²) in [5.74, 6) is 0.671. The molecule has 5 nitrogen and oxygen atoms in total. The summed E-state index contributed by atoms with van der Waals surface area (Å²) in [4.78, 5) is 4.53. The van der Waals surface area contributed by atoms with Crippen LogP contribution in [0.15, 0.2) is 71.4 Å². The number of allylic oxidation sites excluding steroid dienone is 4. The second-order valence-corrected chi connectivity index (χ2v) is 6.03. The molecule has 1 aromatic heterocycles. The van der Waals surface area contributed by atoms with Crippen LogP contribution in [0.4, 0.5) is 0 Å². The van der Waals surface area contributed by atoms with E-state index in [0.29, 0.717) is 18.9 Å². The molecule has 2 N–H and O–H groups in total. The van der Waals surface area contributed by atoms with E-state index in [9.17, 15) is 5.11 Å². The molecule has 0 fully saturated rings. The van der Waals surface area contributed by atoms with Crippen molar-refractivity contribution in [2.24, 2.45) is 4.99 Å². The number of rotatable bonds is 4. The zero-order valence-electron chi connectivity index (χ0n) is 14.5. The highest BCUT2D eigenvalue weighted by atomic mass is 16.3. The van der Waals surface area contributed by atoms with Crippen molar-refractivity contribution in [3.63, 3.8) is 0 Å². The summed E-state index contributed by atoms with van der Waals surface area (Å²) in [5, 5.41) is 18.3. The SMILES string of the molecule is C=C/C=C(C)\C=C1/CNC(n2nc(C)c(Cc3ccccc3)c2O)=N1. The minimum atomic E-state index is 0.132. The molecule has 1 aromatic carbocycles. The molecule has 3 rings (SSSR count). The Morgan fingerprint density at radius 1 is 1.36 bits per heavy atom. The van der Waals surface area contributed by atoms with Gasteiger partial charge >= 0.3 is 0 Å². The Hall–Kier alpha value is -3.08. The summed E-state index contributed by atoms with van der Waals surface area (Å²) in [5.41, 5.74) is 4.71. The lowest BCUT2D eigenvalue weighted by molar-refractivity contribution is 0.433. The summed E-state index contributed by atoms with van der Waals surface area (Å²) in [6, 6.07) is 10.0. The second kappa shape index (κ2) is 7.21. The van der Waals surface area contributed by atoms with Gasteiger partial charge in [0.1, 0.15) is 0 Å². The van der Waals surface area contributed by atoms with E-state index >= 15 is 0 Å². The Bertz CT molecular complexity index is 873. The van der Waals surface area contributed by atoms with Crippen molar-refractivity contribution < 1.29 is 5.11 Å². The van der Waals surface area contributed by atoms with Gasteiger partial charge in [0.05, 0.1) is 17.9 Å². The van der Waals surface area contributed by atoms with Crippen LogP contribution < -0.4 is 5.32 Å². The first-order valence-corrected chi connectivity index (χ1v) is 8.22. The van der Waals surface area contributed by atoms with E-state index in [-0.39, 0.29) is 5.88 Å².